The van der Waals surface area contributed by atoms with Crippen LogP contribution in [0.3, 0.4) is 0 Å². The lowest BCUT2D eigenvalue weighted by Crippen LogP contribution is -2.51. The molecule has 0 amide bonds. The van der Waals surface area contributed by atoms with Crippen LogP contribution < -0.4 is 0 Å². The molecule has 0 bridgehead atoms. The van der Waals surface area contributed by atoms with E-state index < -0.39 is 0 Å². The SMILES string of the molecule is CCCC(=O)[C@@H]1[C@H]2CCCN2CC[C@@H]1O. The standard InChI is InChI=1S/C12H21NO2/c1-2-4-10(14)12-9-5-3-7-13(9)8-6-11(12)15/h9,11-12,15H,2-8H2,1H3/t9-,11+,12+/m1/s1. The summed E-state index contributed by atoms with van der Waals surface area (Å²) in [6.45, 7) is 4.12. The van der Waals surface area contributed by atoms with Crippen molar-refractivity contribution in [3.63, 3.8) is 0 Å². The predicted octanol–water partition coefficient (Wildman–Crippen LogP) is 1.20. The van der Waals surface area contributed by atoms with E-state index in [1.807, 2.05) is 6.92 Å². The normalized spacial score (nSPS) is 36.5. The summed E-state index contributed by atoms with van der Waals surface area (Å²) < 4.78 is 0. The minimum absolute atomic E-state index is 0.0961. The lowest BCUT2D eigenvalue weighted by molar-refractivity contribution is -0.132. The lowest BCUT2D eigenvalue weighted by Gasteiger charge is -2.39. The third-order valence-electron chi connectivity index (χ3n) is 3.82. The number of carbonyl (C=O) groups excluding carboxylic acids is 1. The molecule has 0 aromatic carbocycles. The molecule has 2 rings (SSSR count). The second-order valence-electron chi connectivity index (χ2n) is 4.84. The summed E-state index contributed by atoms with van der Waals surface area (Å²) >= 11 is 0. The topological polar surface area (TPSA) is 40.5 Å². The summed E-state index contributed by atoms with van der Waals surface area (Å²) in [4.78, 5) is 14.4. The number of nitrogens with zero attached hydrogens (tertiary/aromatic N) is 1. The molecular formula is C12H21NO2. The maximum Gasteiger partial charge on any atom is 0.140 e. The highest BCUT2D eigenvalue weighted by Gasteiger charge is 2.42. The van der Waals surface area contributed by atoms with Crippen LogP contribution in [0, 0.1) is 5.92 Å². The average Bonchev–Trinajstić information content (AvgIpc) is 2.65. The molecular weight excluding hydrogens is 190 g/mol. The first-order valence-electron chi connectivity index (χ1n) is 6.19. The van der Waals surface area contributed by atoms with Crippen LogP contribution in [0.25, 0.3) is 0 Å². The molecule has 0 unspecified atom stereocenters. The van der Waals surface area contributed by atoms with Crippen LogP contribution >= 0.6 is 0 Å². The largest absolute Gasteiger partial charge is 0.392 e. The summed E-state index contributed by atoms with van der Waals surface area (Å²) in [5.74, 6) is 0.183. The fraction of sp³-hybridized carbons (Fsp3) is 0.917. The Hall–Kier alpha value is -0.410. The molecule has 3 nitrogen and oxygen atoms in total. The van der Waals surface area contributed by atoms with Gasteiger partial charge < -0.3 is 5.11 Å². The highest BCUT2D eigenvalue weighted by molar-refractivity contribution is 5.82. The first kappa shape index (κ1) is 11.1. The zero-order valence-electron chi connectivity index (χ0n) is 9.48. The van der Waals surface area contributed by atoms with Gasteiger partial charge in [-0.1, -0.05) is 6.92 Å². The van der Waals surface area contributed by atoms with E-state index in [-0.39, 0.29) is 17.8 Å². The maximum atomic E-state index is 12.0. The third-order valence-corrected chi connectivity index (χ3v) is 3.82. The Labute approximate surface area is 91.5 Å². The van der Waals surface area contributed by atoms with Gasteiger partial charge in [0.2, 0.25) is 0 Å². The number of fused-ring (bicyclic) bond motifs is 1. The van der Waals surface area contributed by atoms with Crippen molar-refractivity contribution in [1.82, 2.24) is 4.90 Å². The van der Waals surface area contributed by atoms with Gasteiger partial charge in [0.05, 0.1) is 12.0 Å². The van der Waals surface area contributed by atoms with Gasteiger partial charge in [0.25, 0.3) is 0 Å². The van der Waals surface area contributed by atoms with E-state index in [0.29, 0.717) is 12.5 Å². The summed E-state index contributed by atoms with van der Waals surface area (Å²) in [5, 5.41) is 9.97. The molecule has 0 radical (unpaired) electrons. The molecule has 86 valence electrons. The van der Waals surface area contributed by atoms with Gasteiger partial charge >= 0.3 is 0 Å². The summed E-state index contributed by atoms with van der Waals surface area (Å²) in [7, 11) is 0. The Morgan fingerprint density at radius 2 is 2.20 bits per heavy atom. The van der Waals surface area contributed by atoms with Crippen LogP contribution in [0.4, 0.5) is 0 Å². The Bertz CT molecular complexity index is 242. The minimum atomic E-state index is -0.386. The number of piperidine rings is 1. The zero-order valence-corrected chi connectivity index (χ0v) is 9.48. The van der Waals surface area contributed by atoms with Gasteiger partial charge in [0, 0.05) is 19.0 Å². The van der Waals surface area contributed by atoms with Crippen molar-refractivity contribution in [2.75, 3.05) is 13.1 Å². The minimum Gasteiger partial charge on any atom is -0.392 e. The molecule has 2 saturated heterocycles. The molecule has 15 heavy (non-hydrogen) atoms. The van der Waals surface area contributed by atoms with Crippen molar-refractivity contribution in [1.29, 1.82) is 0 Å². The molecule has 0 aromatic rings. The molecule has 2 aliphatic heterocycles. The third kappa shape index (κ3) is 2.08. The molecule has 0 aromatic heterocycles. The number of Topliss-reactive ketones (excluding diaryl/α,β-unsaturated/α-hetero) is 1. The fourth-order valence-electron chi connectivity index (χ4n) is 3.11. The van der Waals surface area contributed by atoms with Crippen molar-refractivity contribution >= 4 is 5.78 Å². The summed E-state index contributed by atoms with van der Waals surface area (Å²) in [6, 6.07) is 0.341. The molecule has 3 heteroatoms. The fourth-order valence-corrected chi connectivity index (χ4v) is 3.11. The second-order valence-corrected chi connectivity index (χ2v) is 4.84. The Morgan fingerprint density at radius 1 is 1.40 bits per heavy atom. The quantitative estimate of drug-likeness (QED) is 0.762. The number of ketones is 1. The van der Waals surface area contributed by atoms with E-state index in [2.05, 4.69) is 4.90 Å². The molecule has 3 atom stereocenters. The zero-order chi connectivity index (χ0) is 10.8. The molecule has 0 aliphatic carbocycles. The molecule has 0 saturated carbocycles. The van der Waals surface area contributed by atoms with E-state index in [9.17, 15) is 9.90 Å². The van der Waals surface area contributed by atoms with Gasteiger partial charge in [-0.2, -0.15) is 0 Å². The Morgan fingerprint density at radius 3 is 2.93 bits per heavy atom. The first-order valence-corrected chi connectivity index (χ1v) is 6.19. The van der Waals surface area contributed by atoms with Crippen LogP contribution in [0.2, 0.25) is 0 Å². The van der Waals surface area contributed by atoms with Crippen molar-refractivity contribution in [3.8, 4) is 0 Å². The van der Waals surface area contributed by atoms with Crippen LogP contribution in [0.1, 0.15) is 39.0 Å². The van der Waals surface area contributed by atoms with Crippen LogP contribution in [0.15, 0.2) is 0 Å². The number of aliphatic hydroxyl groups is 1. The van der Waals surface area contributed by atoms with Crippen LogP contribution in [-0.2, 0) is 4.79 Å². The van der Waals surface area contributed by atoms with Crippen LogP contribution in [0.5, 0.6) is 0 Å². The van der Waals surface area contributed by atoms with E-state index in [1.54, 1.807) is 0 Å². The molecule has 1 N–H and O–H groups in total. The summed E-state index contributed by atoms with van der Waals surface area (Å²) in [5.41, 5.74) is 0. The van der Waals surface area contributed by atoms with E-state index in [0.717, 1.165) is 32.4 Å². The summed E-state index contributed by atoms with van der Waals surface area (Å²) in [6.07, 6.45) is 4.20. The van der Waals surface area contributed by atoms with Gasteiger partial charge in [-0.05, 0) is 32.2 Å². The maximum absolute atomic E-state index is 12.0. The van der Waals surface area contributed by atoms with Gasteiger partial charge in [0.1, 0.15) is 5.78 Å². The van der Waals surface area contributed by atoms with Gasteiger partial charge in [-0.3, -0.25) is 9.69 Å². The second kappa shape index (κ2) is 4.62. The van der Waals surface area contributed by atoms with E-state index in [4.69, 9.17) is 0 Å². The van der Waals surface area contributed by atoms with Gasteiger partial charge in [-0.25, -0.2) is 0 Å². The number of hydrogen-bond acceptors (Lipinski definition) is 3. The first-order chi connectivity index (χ1) is 7.24. The van der Waals surface area contributed by atoms with E-state index in [1.165, 1.54) is 6.42 Å². The van der Waals surface area contributed by atoms with Crippen molar-refractivity contribution < 1.29 is 9.90 Å². The van der Waals surface area contributed by atoms with Crippen molar-refractivity contribution in [3.05, 3.63) is 0 Å². The van der Waals surface area contributed by atoms with Gasteiger partial charge in [0.15, 0.2) is 0 Å². The smallest absolute Gasteiger partial charge is 0.140 e. The van der Waals surface area contributed by atoms with E-state index >= 15 is 0 Å². The van der Waals surface area contributed by atoms with Gasteiger partial charge in [-0.15, -0.1) is 0 Å². The average molecular weight is 211 g/mol. The monoisotopic (exact) mass is 211 g/mol. The number of rotatable bonds is 3. The predicted molar refractivity (Wildman–Crippen MR) is 58.6 cm³/mol. The number of aliphatic hydroxyl groups excluding tert-OH is 1. The number of hydrogen-bond donors (Lipinski definition) is 1. The Kier molecular flexibility index (Phi) is 3.42. The van der Waals surface area contributed by atoms with Crippen molar-refractivity contribution in [2.24, 2.45) is 5.92 Å². The highest BCUT2D eigenvalue weighted by Crippen LogP contribution is 2.33. The Balaban J connectivity index is 2.08. The molecule has 2 heterocycles. The lowest BCUT2D eigenvalue weighted by atomic mass is 9.82. The highest BCUT2D eigenvalue weighted by atomic mass is 16.3. The molecule has 2 fully saturated rings. The number of carbonyl (C=O) groups is 1. The molecule has 0 spiro atoms. The van der Waals surface area contributed by atoms with Crippen LogP contribution in [-0.4, -0.2) is 41.0 Å². The van der Waals surface area contributed by atoms with Crippen molar-refractivity contribution in [2.45, 2.75) is 51.2 Å². The molecule has 2 aliphatic rings.